The monoisotopic (exact) mass is 408 g/mol. The maximum Gasteiger partial charge on any atom is 0.319 e. The van der Waals surface area contributed by atoms with Gasteiger partial charge < -0.3 is 19.9 Å². The molecule has 2 aliphatic heterocycles. The molecule has 2 saturated heterocycles. The van der Waals surface area contributed by atoms with Crippen LogP contribution in [-0.4, -0.2) is 92.2 Å². The normalized spacial score (nSPS) is 23.7. The van der Waals surface area contributed by atoms with Crippen molar-refractivity contribution in [2.75, 3.05) is 53.5 Å². The molecule has 0 bridgehead atoms. The average molecular weight is 409 g/mol. The lowest BCUT2D eigenvalue weighted by Gasteiger charge is -2.38. The molecule has 3 aliphatic rings. The number of ether oxygens (including phenoxy) is 1. The van der Waals surface area contributed by atoms with Crippen molar-refractivity contribution in [3.63, 3.8) is 0 Å². The van der Waals surface area contributed by atoms with Crippen molar-refractivity contribution < 1.29 is 14.3 Å². The number of hydrogen-bond donors (Lipinski definition) is 1. The lowest BCUT2D eigenvalue weighted by molar-refractivity contribution is -0.121. The minimum Gasteiger partial charge on any atom is -0.381 e. The summed E-state index contributed by atoms with van der Waals surface area (Å²) in [6.07, 6.45) is 10.1. The minimum atomic E-state index is 0.0969. The van der Waals surface area contributed by atoms with Crippen LogP contribution in [0.5, 0.6) is 0 Å². The van der Waals surface area contributed by atoms with Gasteiger partial charge in [0.25, 0.3) is 0 Å². The summed E-state index contributed by atoms with van der Waals surface area (Å²) in [5, 5.41) is 3.15. The molecule has 0 aromatic carbocycles. The van der Waals surface area contributed by atoms with E-state index in [1.165, 1.54) is 25.7 Å². The second-order valence-corrected chi connectivity index (χ2v) is 9.19. The van der Waals surface area contributed by atoms with Gasteiger partial charge in [-0.25, -0.2) is 4.79 Å². The van der Waals surface area contributed by atoms with Gasteiger partial charge in [0.05, 0.1) is 0 Å². The van der Waals surface area contributed by atoms with Crippen LogP contribution in [0.1, 0.15) is 57.8 Å². The van der Waals surface area contributed by atoms with Gasteiger partial charge >= 0.3 is 6.03 Å². The molecular weight excluding hydrogens is 368 g/mol. The lowest BCUT2D eigenvalue weighted by atomic mass is 10.0. The third kappa shape index (κ3) is 6.57. The fourth-order valence-corrected chi connectivity index (χ4v) is 5.20. The Bertz CT molecular complexity index is 530. The molecule has 7 nitrogen and oxygen atoms in total. The quantitative estimate of drug-likeness (QED) is 0.669. The van der Waals surface area contributed by atoms with Gasteiger partial charge in [0, 0.05) is 72.0 Å². The fourth-order valence-electron chi connectivity index (χ4n) is 5.20. The highest BCUT2D eigenvalue weighted by Gasteiger charge is 2.34. The van der Waals surface area contributed by atoms with E-state index in [9.17, 15) is 9.59 Å². The summed E-state index contributed by atoms with van der Waals surface area (Å²) >= 11 is 0. The molecule has 166 valence electrons. The van der Waals surface area contributed by atoms with Gasteiger partial charge in [-0.3, -0.25) is 9.69 Å². The van der Waals surface area contributed by atoms with E-state index in [1.54, 1.807) is 4.90 Å². The Morgan fingerprint density at radius 1 is 1.03 bits per heavy atom. The van der Waals surface area contributed by atoms with Crippen LogP contribution in [0.3, 0.4) is 0 Å². The Morgan fingerprint density at radius 2 is 1.76 bits per heavy atom. The van der Waals surface area contributed by atoms with Crippen molar-refractivity contribution in [3.05, 3.63) is 0 Å². The third-order valence-electron chi connectivity index (χ3n) is 6.89. The Labute approximate surface area is 176 Å². The zero-order chi connectivity index (χ0) is 20.6. The standard InChI is InChI=1S/C22H40N4O3/c1-24(2)22(28)25-13-9-20(17-25)26(19-10-15-29-16-11-19)14-12-23-21(27)8-7-18-5-3-4-6-18/h18-20H,3-17H2,1-2H3,(H,23,27). The number of nitrogens with zero attached hydrogens (tertiary/aromatic N) is 3. The molecule has 7 heteroatoms. The van der Waals surface area contributed by atoms with Crippen molar-refractivity contribution in [2.24, 2.45) is 5.92 Å². The zero-order valence-corrected chi connectivity index (χ0v) is 18.4. The Balaban J connectivity index is 1.47. The van der Waals surface area contributed by atoms with E-state index < -0.39 is 0 Å². The molecule has 1 unspecified atom stereocenters. The molecule has 29 heavy (non-hydrogen) atoms. The van der Waals surface area contributed by atoms with E-state index in [0.717, 1.165) is 64.4 Å². The second kappa shape index (κ2) is 11.2. The highest BCUT2D eigenvalue weighted by Crippen LogP contribution is 2.28. The third-order valence-corrected chi connectivity index (χ3v) is 6.89. The van der Waals surface area contributed by atoms with Crippen LogP contribution in [0.2, 0.25) is 0 Å². The van der Waals surface area contributed by atoms with Crippen molar-refractivity contribution in [3.8, 4) is 0 Å². The van der Waals surface area contributed by atoms with Crippen molar-refractivity contribution in [2.45, 2.75) is 69.9 Å². The van der Waals surface area contributed by atoms with Crippen LogP contribution in [-0.2, 0) is 9.53 Å². The van der Waals surface area contributed by atoms with Gasteiger partial charge in [-0.05, 0) is 31.6 Å². The number of hydrogen-bond acceptors (Lipinski definition) is 4. The van der Waals surface area contributed by atoms with Crippen molar-refractivity contribution >= 4 is 11.9 Å². The Kier molecular flexibility index (Phi) is 8.60. The van der Waals surface area contributed by atoms with E-state index in [0.29, 0.717) is 25.0 Å². The molecule has 3 amide bonds. The number of carbonyl (C=O) groups is 2. The summed E-state index contributed by atoms with van der Waals surface area (Å²) in [6, 6.07) is 0.954. The topological polar surface area (TPSA) is 65.1 Å². The van der Waals surface area contributed by atoms with Crippen LogP contribution in [0.15, 0.2) is 0 Å². The first kappa shape index (κ1) is 22.3. The van der Waals surface area contributed by atoms with E-state index in [2.05, 4.69) is 10.2 Å². The van der Waals surface area contributed by atoms with E-state index in [-0.39, 0.29) is 11.9 Å². The molecule has 2 heterocycles. The number of urea groups is 1. The Hall–Kier alpha value is -1.34. The van der Waals surface area contributed by atoms with Gasteiger partial charge in [0.2, 0.25) is 5.91 Å². The smallest absolute Gasteiger partial charge is 0.319 e. The largest absolute Gasteiger partial charge is 0.381 e. The number of likely N-dealkylation sites (tertiary alicyclic amines) is 1. The SMILES string of the molecule is CN(C)C(=O)N1CCC(N(CCNC(=O)CCC2CCCC2)C2CCOCC2)C1. The predicted octanol–water partition coefficient (Wildman–Crippen LogP) is 2.31. The van der Waals surface area contributed by atoms with Crippen LogP contribution in [0, 0.1) is 5.92 Å². The fraction of sp³-hybridized carbons (Fsp3) is 0.909. The van der Waals surface area contributed by atoms with Crippen LogP contribution < -0.4 is 5.32 Å². The summed E-state index contributed by atoms with van der Waals surface area (Å²) in [6.45, 7) is 4.76. The average Bonchev–Trinajstić information content (AvgIpc) is 3.42. The molecule has 0 radical (unpaired) electrons. The number of amides is 3. The highest BCUT2D eigenvalue weighted by atomic mass is 16.5. The predicted molar refractivity (Wildman–Crippen MR) is 114 cm³/mol. The molecule has 1 atom stereocenters. The van der Waals surface area contributed by atoms with E-state index in [4.69, 9.17) is 4.74 Å². The zero-order valence-electron chi connectivity index (χ0n) is 18.4. The van der Waals surface area contributed by atoms with Crippen LogP contribution in [0.25, 0.3) is 0 Å². The molecule has 3 fully saturated rings. The molecule has 1 saturated carbocycles. The molecule has 0 aromatic rings. The Morgan fingerprint density at radius 3 is 2.45 bits per heavy atom. The molecular formula is C22H40N4O3. The molecule has 3 rings (SSSR count). The number of carbonyl (C=O) groups excluding carboxylic acids is 2. The summed E-state index contributed by atoms with van der Waals surface area (Å²) < 4.78 is 5.56. The van der Waals surface area contributed by atoms with Crippen LogP contribution in [0.4, 0.5) is 4.79 Å². The molecule has 0 spiro atoms. The first-order valence-corrected chi connectivity index (χ1v) is 11.6. The molecule has 1 N–H and O–H groups in total. The summed E-state index contributed by atoms with van der Waals surface area (Å²) in [5.74, 6) is 0.956. The van der Waals surface area contributed by atoms with E-state index in [1.807, 2.05) is 19.0 Å². The maximum atomic E-state index is 12.3. The lowest BCUT2D eigenvalue weighted by Crippen LogP contribution is -2.50. The summed E-state index contributed by atoms with van der Waals surface area (Å²) in [7, 11) is 3.63. The number of rotatable bonds is 8. The highest BCUT2D eigenvalue weighted by molar-refractivity contribution is 5.75. The van der Waals surface area contributed by atoms with Gasteiger partial charge in [0.1, 0.15) is 0 Å². The molecule has 0 aromatic heterocycles. The summed E-state index contributed by atoms with van der Waals surface area (Å²) in [5.41, 5.74) is 0. The van der Waals surface area contributed by atoms with Crippen LogP contribution >= 0.6 is 0 Å². The first-order valence-electron chi connectivity index (χ1n) is 11.6. The van der Waals surface area contributed by atoms with Gasteiger partial charge in [-0.15, -0.1) is 0 Å². The maximum absolute atomic E-state index is 12.3. The summed E-state index contributed by atoms with van der Waals surface area (Å²) in [4.78, 5) is 30.8. The molecule has 1 aliphatic carbocycles. The second-order valence-electron chi connectivity index (χ2n) is 9.19. The van der Waals surface area contributed by atoms with Crippen molar-refractivity contribution in [1.29, 1.82) is 0 Å². The first-order chi connectivity index (χ1) is 14.0. The van der Waals surface area contributed by atoms with E-state index >= 15 is 0 Å². The van der Waals surface area contributed by atoms with Crippen molar-refractivity contribution in [1.82, 2.24) is 20.0 Å². The minimum absolute atomic E-state index is 0.0969. The number of nitrogens with one attached hydrogen (secondary N) is 1. The van der Waals surface area contributed by atoms with Gasteiger partial charge in [-0.2, -0.15) is 0 Å². The van der Waals surface area contributed by atoms with Gasteiger partial charge in [0.15, 0.2) is 0 Å². The van der Waals surface area contributed by atoms with Gasteiger partial charge in [-0.1, -0.05) is 25.7 Å².